The lowest BCUT2D eigenvalue weighted by molar-refractivity contribution is -0.126. The maximum absolute atomic E-state index is 13.0. The van der Waals surface area contributed by atoms with Crippen LogP contribution >= 0.6 is 11.6 Å². The summed E-state index contributed by atoms with van der Waals surface area (Å²) in [6.07, 6.45) is 1.22. The first-order valence-corrected chi connectivity index (χ1v) is 12.1. The molecule has 0 spiro atoms. The first-order valence-electron chi connectivity index (χ1n) is 10.3. The average Bonchev–Trinajstić information content (AvgIpc) is 3.27. The first-order chi connectivity index (χ1) is 15.3. The van der Waals surface area contributed by atoms with E-state index in [2.05, 4.69) is 15.5 Å². The Morgan fingerprint density at radius 3 is 2.72 bits per heavy atom. The standard InChI is InChI=1S/C22H23ClN4O4S/c1-15-8-10-17(11-9-15)32(29,30)27-12-4-5-16(14-27)22(28)24-13-20-25-21(26-31-20)18-6-2-3-7-19(18)23/h2-3,6-11,16H,4-5,12-14H2,1H3,(H,24,28). The number of carbonyl (C=O) groups excluding carboxylic acids is 1. The van der Waals surface area contributed by atoms with Gasteiger partial charge in [-0.05, 0) is 44.0 Å². The third-order valence-electron chi connectivity index (χ3n) is 5.41. The predicted molar refractivity (Wildman–Crippen MR) is 119 cm³/mol. The van der Waals surface area contributed by atoms with Gasteiger partial charge in [-0.3, -0.25) is 4.79 Å². The fourth-order valence-corrected chi connectivity index (χ4v) is 5.36. The molecule has 4 rings (SSSR count). The molecule has 1 aromatic heterocycles. The van der Waals surface area contributed by atoms with Crippen molar-refractivity contribution < 1.29 is 17.7 Å². The van der Waals surface area contributed by atoms with Crippen LogP contribution in [0.3, 0.4) is 0 Å². The van der Waals surface area contributed by atoms with Crippen LogP contribution in [-0.2, 0) is 21.4 Å². The molecule has 0 bridgehead atoms. The second kappa shape index (κ2) is 9.40. The molecule has 0 radical (unpaired) electrons. The highest BCUT2D eigenvalue weighted by atomic mass is 35.5. The number of aromatic nitrogens is 2. The second-order valence-corrected chi connectivity index (χ2v) is 10.1. The van der Waals surface area contributed by atoms with Crippen molar-refractivity contribution in [3.8, 4) is 11.4 Å². The number of nitrogens with one attached hydrogen (secondary N) is 1. The molecule has 10 heteroatoms. The van der Waals surface area contributed by atoms with E-state index < -0.39 is 15.9 Å². The first kappa shape index (κ1) is 22.4. The summed E-state index contributed by atoms with van der Waals surface area (Å²) in [4.78, 5) is 17.2. The third-order valence-corrected chi connectivity index (χ3v) is 7.62. The molecule has 168 valence electrons. The van der Waals surface area contributed by atoms with Gasteiger partial charge < -0.3 is 9.84 Å². The minimum atomic E-state index is -3.64. The van der Waals surface area contributed by atoms with Crippen LogP contribution in [0.4, 0.5) is 0 Å². The molecule has 8 nitrogen and oxygen atoms in total. The molecule has 1 aliphatic heterocycles. The van der Waals surface area contributed by atoms with Crippen LogP contribution < -0.4 is 5.32 Å². The van der Waals surface area contributed by atoms with Crippen molar-refractivity contribution in [1.82, 2.24) is 19.8 Å². The van der Waals surface area contributed by atoms with E-state index in [1.165, 1.54) is 4.31 Å². The number of rotatable bonds is 6. The number of carbonyl (C=O) groups is 1. The summed E-state index contributed by atoms with van der Waals surface area (Å²) < 4.78 is 32.5. The van der Waals surface area contributed by atoms with Crippen LogP contribution in [0.2, 0.25) is 5.02 Å². The van der Waals surface area contributed by atoms with E-state index in [4.69, 9.17) is 16.1 Å². The van der Waals surface area contributed by atoms with Gasteiger partial charge in [-0.1, -0.05) is 46.6 Å². The molecular formula is C22H23ClN4O4S. The average molecular weight is 475 g/mol. The number of benzene rings is 2. The number of hydrogen-bond donors (Lipinski definition) is 1. The quantitative estimate of drug-likeness (QED) is 0.586. The van der Waals surface area contributed by atoms with Gasteiger partial charge in [0.1, 0.15) is 0 Å². The van der Waals surface area contributed by atoms with Crippen molar-refractivity contribution in [2.45, 2.75) is 31.2 Å². The number of piperidine rings is 1. The van der Waals surface area contributed by atoms with Crippen LogP contribution in [0, 0.1) is 12.8 Å². The van der Waals surface area contributed by atoms with Gasteiger partial charge in [-0.25, -0.2) is 8.42 Å². The summed E-state index contributed by atoms with van der Waals surface area (Å²) in [6.45, 7) is 2.48. The Labute approximate surface area is 191 Å². The Morgan fingerprint density at radius 2 is 1.97 bits per heavy atom. The molecule has 1 fully saturated rings. The van der Waals surface area contributed by atoms with E-state index in [0.29, 0.717) is 35.8 Å². The Kier molecular flexibility index (Phi) is 6.59. The van der Waals surface area contributed by atoms with Crippen LogP contribution in [0.15, 0.2) is 57.9 Å². The molecule has 1 atom stereocenters. The summed E-state index contributed by atoms with van der Waals surface area (Å²) in [7, 11) is -3.64. The number of amides is 1. The molecule has 2 aromatic carbocycles. The van der Waals surface area contributed by atoms with Gasteiger partial charge in [0, 0.05) is 18.7 Å². The highest BCUT2D eigenvalue weighted by Crippen LogP contribution is 2.26. The van der Waals surface area contributed by atoms with Crippen LogP contribution in [0.5, 0.6) is 0 Å². The van der Waals surface area contributed by atoms with E-state index in [0.717, 1.165) is 5.56 Å². The molecule has 2 heterocycles. The fraction of sp³-hybridized carbons (Fsp3) is 0.318. The maximum atomic E-state index is 13.0. The van der Waals surface area contributed by atoms with Crippen LogP contribution in [0.25, 0.3) is 11.4 Å². The number of sulfonamides is 1. The van der Waals surface area contributed by atoms with E-state index in [1.807, 2.05) is 13.0 Å². The number of aryl methyl sites for hydroxylation is 1. The summed E-state index contributed by atoms with van der Waals surface area (Å²) in [5, 5.41) is 7.19. The van der Waals surface area contributed by atoms with Gasteiger partial charge in [0.2, 0.25) is 27.6 Å². The Morgan fingerprint density at radius 1 is 1.22 bits per heavy atom. The van der Waals surface area contributed by atoms with Crippen molar-refractivity contribution in [3.05, 3.63) is 65.0 Å². The predicted octanol–water partition coefficient (Wildman–Crippen LogP) is 3.42. The molecule has 1 amide bonds. The van der Waals surface area contributed by atoms with Gasteiger partial charge in [0.15, 0.2) is 0 Å². The van der Waals surface area contributed by atoms with Crippen LogP contribution in [-0.4, -0.2) is 41.9 Å². The number of nitrogens with zero attached hydrogens (tertiary/aromatic N) is 3. The molecule has 0 saturated carbocycles. The molecule has 0 aliphatic carbocycles. The van der Waals surface area contributed by atoms with Crippen molar-refractivity contribution in [3.63, 3.8) is 0 Å². The summed E-state index contributed by atoms with van der Waals surface area (Å²) >= 11 is 6.15. The lowest BCUT2D eigenvalue weighted by Gasteiger charge is -2.31. The largest absolute Gasteiger partial charge is 0.347 e. The summed E-state index contributed by atoms with van der Waals surface area (Å²) in [5.74, 6) is -0.109. The molecule has 32 heavy (non-hydrogen) atoms. The minimum absolute atomic E-state index is 0.0531. The van der Waals surface area contributed by atoms with Gasteiger partial charge in [0.05, 0.1) is 22.4 Å². The lowest BCUT2D eigenvalue weighted by Crippen LogP contribution is -2.45. The zero-order chi connectivity index (χ0) is 22.7. The van der Waals surface area contributed by atoms with Gasteiger partial charge in [-0.15, -0.1) is 0 Å². The molecule has 3 aromatic rings. The van der Waals surface area contributed by atoms with Crippen molar-refractivity contribution >= 4 is 27.5 Å². The molecule has 1 aliphatic rings. The SMILES string of the molecule is Cc1ccc(S(=O)(=O)N2CCCC(C(=O)NCc3nc(-c4ccccc4Cl)no3)C2)cc1. The van der Waals surface area contributed by atoms with Gasteiger partial charge in [0.25, 0.3) is 0 Å². The van der Waals surface area contributed by atoms with Crippen molar-refractivity contribution in [1.29, 1.82) is 0 Å². The molecule has 1 N–H and O–H groups in total. The van der Waals surface area contributed by atoms with Gasteiger partial charge in [-0.2, -0.15) is 9.29 Å². The molecule has 1 unspecified atom stereocenters. The highest BCUT2D eigenvalue weighted by molar-refractivity contribution is 7.89. The topological polar surface area (TPSA) is 105 Å². The van der Waals surface area contributed by atoms with E-state index in [1.54, 1.807) is 42.5 Å². The van der Waals surface area contributed by atoms with Crippen LogP contribution in [0.1, 0.15) is 24.3 Å². The zero-order valence-corrected chi connectivity index (χ0v) is 19.1. The maximum Gasteiger partial charge on any atom is 0.246 e. The number of hydrogen-bond acceptors (Lipinski definition) is 6. The monoisotopic (exact) mass is 474 g/mol. The van der Waals surface area contributed by atoms with E-state index in [9.17, 15) is 13.2 Å². The highest BCUT2D eigenvalue weighted by Gasteiger charge is 2.33. The summed E-state index contributed by atoms with van der Waals surface area (Å²) in [5.41, 5.74) is 1.62. The van der Waals surface area contributed by atoms with E-state index in [-0.39, 0.29) is 29.8 Å². The molecule has 1 saturated heterocycles. The normalized spacial score (nSPS) is 17.2. The lowest BCUT2D eigenvalue weighted by atomic mass is 9.99. The van der Waals surface area contributed by atoms with Gasteiger partial charge >= 0.3 is 0 Å². The Hall–Kier alpha value is -2.75. The smallest absolute Gasteiger partial charge is 0.246 e. The fourth-order valence-electron chi connectivity index (χ4n) is 3.62. The Bertz CT molecular complexity index is 1210. The second-order valence-electron chi connectivity index (χ2n) is 7.72. The summed E-state index contributed by atoms with van der Waals surface area (Å²) in [6, 6.07) is 13.9. The Balaban J connectivity index is 1.38. The number of halogens is 1. The third kappa shape index (κ3) is 4.85. The minimum Gasteiger partial charge on any atom is -0.347 e. The molecular weight excluding hydrogens is 452 g/mol. The van der Waals surface area contributed by atoms with Crippen molar-refractivity contribution in [2.75, 3.05) is 13.1 Å². The zero-order valence-electron chi connectivity index (χ0n) is 17.5. The van der Waals surface area contributed by atoms with E-state index >= 15 is 0 Å². The van der Waals surface area contributed by atoms with Crippen molar-refractivity contribution in [2.24, 2.45) is 5.92 Å².